The Kier molecular flexibility index (Phi) is 5.93. The lowest BCUT2D eigenvalue weighted by Gasteiger charge is -2.30. The van der Waals surface area contributed by atoms with E-state index in [0.29, 0.717) is 12.3 Å². The van der Waals surface area contributed by atoms with Crippen molar-refractivity contribution in [3.05, 3.63) is 48.0 Å². The maximum absolute atomic E-state index is 13.1. The number of methoxy groups -OCH3 is 1. The SMILES string of the molecule is COc1ccc(C)cc1N1C[C@H](C(=O)Nc2ccccc2N2CCCCC2)CC1=O. The minimum Gasteiger partial charge on any atom is -0.495 e. The summed E-state index contributed by atoms with van der Waals surface area (Å²) in [5, 5.41) is 3.09. The molecule has 0 spiro atoms. The topological polar surface area (TPSA) is 61.9 Å². The molecule has 0 unspecified atom stereocenters. The summed E-state index contributed by atoms with van der Waals surface area (Å²) in [6.45, 7) is 4.35. The number of nitrogens with zero attached hydrogens (tertiary/aromatic N) is 2. The molecule has 2 fully saturated rings. The molecular formula is C24H29N3O3. The first-order valence-electron chi connectivity index (χ1n) is 10.7. The van der Waals surface area contributed by atoms with Gasteiger partial charge in [-0.2, -0.15) is 0 Å². The zero-order valence-electron chi connectivity index (χ0n) is 17.7. The molecule has 0 aliphatic carbocycles. The van der Waals surface area contributed by atoms with Crippen LogP contribution in [-0.2, 0) is 9.59 Å². The number of hydrogen-bond donors (Lipinski definition) is 1. The minimum absolute atomic E-state index is 0.0524. The lowest BCUT2D eigenvalue weighted by molar-refractivity contribution is -0.122. The summed E-state index contributed by atoms with van der Waals surface area (Å²) in [5.74, 6) is 0.0906. The summed E-state index contributed by atoms with van der Waals surface area (Å²) in [6, 6.07) is 13.7. The summed E-state index contributed by atoms with van der Waals surface area (Å²) in [4.78, 5) is 29.8. The van der Waals surface area contributed by atoms with Crippen LogP contribution in [0.15, 0.2) is 42.5 Å². The molecule has 2 aromatic carbocycles. The first kappa shape index (κ1) is 20.3. The Morgan fingerprint density at radius 2 is 1.83 bits per heavy atom. The maximum atomic E-state index is 13.1. The van der Waals surface area contributed by atoms with Crippen LogP contribution in [0.2, 0.25) is 0 Å². The highest BCUT2D eigenvalue weighted by Crippen LogP contribution is 2.35. The van der Waals surface area contributed by atoms with Gasteiger partial charge in [0.15, 0.2) is 0 Å². The maximum Gasteiger partial charge on any atom is 0.229 e. The molecular weight excluding hydrogens is 378 g/mol. The third-order valence-electron chi connectivity index (χ3n) is 5.98. The average Bonchev–Trinajstić information content (AvgIpc) is 3.16. The van der Waals surface area contributed by atoms with Crippen molar-refractivity contribution in [3.8, 4) is 5.75 Å². The summed E-state index contributed by atoms with van der Waals surface area (Å²) in [5.41, 5.74) is 3.66. The van der Waals surface area contributed by atoms with Gasteiger partial charge in [-0.25, -0.2) is 0 Å². The number of aryl methyl sites for hydroxylation is 1. The molecule has 2 saturated heterocycles. The molecule has 2 aliphatic rings. The summed E-state index contributed by atoms with van der Waals surface area (Å²) in [6.07, 6.45) is 3.81. The van der Waals surface area contributed by atoms with E-state index in [1.54, 1.807) is 12.0 Å². The number of rotatable bonds is 5. The number of para-hydroxylation sites is 2. The van der Waals surface area contributed by atoms with Crippen LogP contribution in [0.5, 0.6) is 5.75 Å². The highest BCUT2D eigenvalue weighted by molar-refractivity contribution is 6.05. The van der Waals surface area contributed by atoms with Crippen LogP contribution in [-0.4, -0.2) is 38.6 Å². The summed E-state index contributed by atoms with van der Waals surface area (Å²) in [7, 11) is 1.59. The third kappa shape index (κ3) is 4.13. The number of carbonyl (C=O) groups excluding carboxylic acids is 2. The molecule has 0 bridgehead atoms. The molecule has 1 N–H and O–H groups in total. The third-order valence-corrected chi connectivity index (χ3v) is 5.98. The van der Waals surface area contributed by atoms with Crippen molar-refractivity contribution in [3.63, 3.8) is 0 Å². The molecule has 30 heavy (non-hydrogen) atoms. The molecule has 0 saturated carbocycles. The molecule has 4 rings (SSSR count). The molecule has 2 aliphatic heterocycles. The fourth-order valence-electron chi connectivity index (χ4n) is 4.35. The Balaban J connectivity index is 1.50. The minimum atomic E-state index is -0.392. The van der Waals surface area contributed by atoms with E-state index in [4.69, 9.17) is 4.74 Å². The van der Waals surface area contributed by atoms with Crippen LogP contribution >= 0.6 is 0 Å². The molecule has 2 amide bonds. The highest BCUT2D eigenvalue weighted by atomic mass is 16.5. The van der Waals surface area contributed by atoms with Crippen molar-refractivity contribution in [2.75, 3.05) is 41.9 Å². The molecule has 6 nitrogen and oxygen atoms in total. The Morgan fingerprint density at radius 3 is 2.60 bits per heavy atom. The van der Waals surface area contributed by atoms with Crippen LogP contribution in [0, 0.1) is 12.8 Å². The smallest absolute Gasteiger partial charge is 0.229 e. The van der Waals surface area contributed by atoms with E-state index < -0.39 is 5.92 Å². The van der Waals surface area contributed by atoms with E-state index in [9.17, 15) is 9.59 Å². The molecule has 0 radical (unpaired) electrons. The fraction of sp³-hybridized carbons (Fsp3) is 0.417. The van der Waals surface area contributed by atoms with E-state index in [-0.39, 0.29) is 18.2 Å². The molecule has 2 heterocycles. The van der Waals surface area contributed by atoms with Crippen LogP contribution in [0.1, 0.15) is 31.2 Å². The van der Waals surface area contributed by atoms with Crippen LogP contribution < -0.4 is 19.9 Å². The Labute approximate surface area is 177 Å². The van der Waals surface area contributed by atoms with E-state index in [1.807, 2.05) is 43.3 Å². The largest absolute Gasteiger partial charge is 0.495 e. The van der Waals surface area contributed by atoms with Gasteiger partial charge in [0.1, 0.15) is 5.75 Å². The number of piperidine rings is 1. The Morgan fingerprint density at radius 1 is 1.07 bits per heavy atom. The first-order valence-corrected chi connectivity index (χ1v) is 10.7. The lowest BCUT2D eigenvalue weighted by atomic mass is 10.1. The van der Waals surface area contributed by atoms with Gasteiger partial charge in [0, 0.05) is 26.1 Å². The van der Waals surface area contributed by atoms with Crippen molar-refractivity contribution in [1.29, 1.82) is 0 Å². The number of carbonyl (C=O) groups is 2. The van der Waals surface area contributed by atoms with E-state index >= 15 is 0 Å². The molecule has 0 aromatic heterocycles. The Hall–Kier alpha value is -3.02. The highest BCUT2D eigenvalue weighted by Gasteiger charge is 2.36. The number of ether oxygens (including phenoxy) is 1. The second-order valence-corrected chi connectivity index (χ2v) is 8.13. The predicted octanol–water partition coefficient (Wildman–Crippen LogP) is 3.99. The van der Waals surface area contributed by atoms with Crippen LogP contribution in [0.25, 0.3) is 0 Å². The normalized spacial score (nSPS) is 19.1. The summed E-state index contributed by atoms with van der Waals surface area (Å²) >= 11 is 0. The number of benzene rings is 2. The van der Waals surface area contributed by atoms with Gasteiger partial charge in [-0.15, -0.1) is 0 Å². The van der Waals surface area contributed by atoms with Crippen molar-refractivity contribution in [2.24, 2.45) is 5.92 Å². The van der Waals surface area contributed by atoms with Gasteiger partial charge in [-0.1, -0.05) is 18.2 Å². The molecule has 158 valence electrons. The number of amides is 2. The number of nitrogens with one attached hydrogen (secondary N) is 1. The van der Waals surface area contributed by atoms with Gasteiger partial charge in [0.2, 0.25) is 11.8 Å². The van der Waals surface area contributed by atoms with Gasteiger partial charge in [-0.3, -0.25) is 9.59 Å². The van der Waals surface area contributed by atoms with Crippen molar-refractivity contribution < 1.29 is 14.3 Å². The second-order valence-electron chi connectivity index (χ2n) is 8.13. The zero-order chi connectivity index (χ0) is 21.1. The van der Waals surface area contributed by atoms with Gasteiger partial charge < -0.3 is 19.9 Å². The van der Waals surface area contributed by atoms with Gasteiger partial charge in [-0.05, 0) is 56.0 Å². The lowest BCUT2D eigenvalue weighted by Crippen LogP contribution is -2.31. The van der Waals surface area contributed by atoms with Gasteiger partial charge in [0.25, 0.3) is 0 Å². The number of hydrogen-bond acceptors (Lipinski definition) is 4. The van der Waals surface area contributed by atoms with Crippen molar-refractivity contribution in [1.82, 2.24) is 0 Å². The van der Waals surface area contributed by atoms with Crippen molar-refractivity contribution in [2.45, 2.75) is 32.6 Å². The molecule has 6 heteroatoms. The molecule has 2 aromatic rings. The van der Waals surface area contributed by atoms with E-state index in [1.165, 1.54) is 19.3 Å². The van der Waals surface area contributed by atoms with Gasteiger partial charge >= 0.3 is 0 Å². The second kappa shape index (κ2) is 8.78. The summed E-state index contributed by atoms with van der Waals surface area (Å²) < 4.78 is 5.44. The van der Waals surface area contributed by atoms with Gasteiger partial charge in [0.05, 0.1) is 30.1 Å². The van der Waals surface area contributed by atoms with E-state index in [2.05, 4.69) is 16.3 Å². The van der Waals surface area contributed by atoms with Crippen molar-refractivity contribution >= 4 is 28.9 Å². The van der Waals surface area contributed by atoms with Crippen LogP contribution in [0.4, 0.5) is 17.1 Å². The number of anilines is 3. The standard InChI is InChI=1S/C24H29N3O3/c1-17-10-11-22(30-2)21(14-17)27-16-18(15-23(27)28)24(29)25-19-8-4-5-9-20(19)26-12-6-3-7-13-26/h4-5,8-11,14,18H,3,6-7,12-13,15-16H2,1-2H3,(H,25,29)/t18-/m1/s1. The fourth-order valence-corrected chi connectivity index (χ4v) is 4.35. The Bertz CT molecular complexity index is 937. The quantitative estimate of drug-likeness (QED) is 0.814. The monoisotopic (exact) mass is 407 g/mol. The first-order chi connectivity index (χ1) is 14.6. The van der Waals surface area contributed by atoms with E-state index in [0.717, 1.165) is 35.7 Å². The van der Waals surface area contributed by atoms with Crippen LogP contribution in [0.3, 0.4) is 0 Å². The molecule has 1 atom stereocenters. The average molecular weight is 408 g/mol. The predicted molar refractivity (Wildman–Crippen MR) is 119 cm³/mol. The zero-order valence-corrected chi connectivity index (χ0v) is 17.7.